The fourth-order valence-corrected chi connectivity index (χ4v) is 3.93. The third-order valence-electron chi connectivity index (χ3n) is 3.57. The monoisotopic (exact) mass is 392 g/mol. The molecule has 8 nitrogen and oxygen atoms in total. The van der Waals surface area contributed by atoms with Gasteiger partial charge in [0.2, 0.25) is 16.9 Å². The Morgan fingerprint density at radius 1 is 1.31 bits per heavy atom. The number of aromatic nitrogens is 5. The number of aryl methyl sites for hydroxylation is 1. The van der Waals surface area contributed by atoms with Crippen molar-refractivity contribution >= 4 is 34.1 Å². The molecule has 3 aromatic rings. The van der Waals surface area contributed by atoms with Crippen LogP contribution in [0.25, 0.3) is 11.6 Å². The zero-order valence-corrected chi connectivity index (χ0v) is 16.6. The smallest absolute Gasteiger partial charge is 0.239 e. The Bertz CT molecular complexity index is 871. The number of nitrogens with zero attached hydrogens (tertiary/aromatic N) is 5. The molecule has 0 aliphatic carbocycles. The molecular weight excluding hydrogens is 372 g/mol. The summed E-state index contributed by atoms with van der Waals surface area (Å²) in [4.78, 5) is 12.5. The third-order valence-corrected chi connectivity index (χ3v) is 5.61. The summed E-state index contributed by atoms with van der Waals surface area (Å²) >= 11 is 2.73. The summed E-state index contributed by atoms with van der Waals surface area (Å²) in [7, 11) is 0. The summed E-state index contributed by atoms with van der Waals surface area (Å²) in [6, 6.07) is 3.77. The van der Waals surface area contributed by atoms with Crippen molar-refractivity contribution in [3.63, 3.8) is 0 Å². The molecule has 10 heteroatoms. The molecule has 0 aliphatic heterocycles. The van der Waals surface area contributed by atoms with Gasteiger partial charge in [0.1, 0.15) is 5.01 Å². The summed E-state index contributed by atoms with van der Waals surface area (Å²) < 4.78 is 7.41. The number of nitrogens with one attached hydrogen (secondary N) is 1. The van der Waals surface area contributed by atoms with Crippen molar-refractivity contribution in [3.05, 3.63) is 23.4 Å². The molecule has 0 fully saturated rings. The number of hydrogen-bond acceptors (Lipinski definition) is 8. The van der Waals surface area contributed by atoms with E-state index in [1.54, 1.807) is 6.26 Å². The van der Waals surface area contributed by atoms with Crippen molar-refractivity contribution in [1.29, 1.82) is 0 Å². The number of carbonyl (C=O) groups excluding carboxylic acids is 1. The van der Waals surface area contributed by atoms with E-state index in [1.165, 1.54) is 23.1 Å². The van der Waals surface area contributed by atoms with Gasteiger partial charge < -0.3 is 4.42 Å². The van der Waals surface area contributed by atoms with Crippen LogP contribution in [0.15, 0.2) is 28.0 Å². The Balaban J connectivity index is 1.74. The van der Waals surface area contributed by atoms with Gasteiger partial charge in [0.15, 0.2) is 10.9 Å². The highest BCUT2D eigenvalue weighted by Gasteiger charge is 2.23. The van der Waals surface area contributed by atoms with Gasteiger partial charge in [0.25, 0.3) is 0 Å². The van der Waals surface area contributed by atoms with Crippen molar-refractivity contribution in [1.82, 2.24) is 25.0 Å². The Morgan fingerprint density at radius 3 is 2.73 bits per heavy atom. The molecule has 0 aliphatic rings. The topological polar surface area (TPSA) is 98.7 Å². The lowest BCUT2D eigenvalue weighted by Gasteiger charge is -2.15. The summed E-state index contributed by atoms with van der Waals surface area (Å²) in [5, 5.41) is 21.0. The molecule has 0 unspecified atom stereocenters. The van der Waals surface area contributed by atoms with E-state index in [0.717, 1.165) is 11.4 Å². The van der Waals surface area contributed by atoms with Crippen LogP contribution in [0, 0.1) is 0 Å². The van der Waals surface area contributed by atoms with Gasteiger partial charge in [-0.3, -0.25) is 14.7 Å². The Labute approximate surface area is 159 Å². The number of anilines is 1. The molecule has 3 rings (SSSR count). The first-order valence-electron chi connectivity index (χ1n) is 8.28. The van der Waals surface area contributed by atoms with Crippen LogP contribution < -0.4 is 5.32 Å². The SMILES string of the molecule is CCc1nnc(NC(=O)[C@H](C)Sc2nnc(-c3ccco3)n2C(C)C)s1. The van der Waals surface area contributed by atoms with E-state index >= 15 is 0 Å². The normalized spacial score (nSPS) is 12.5. The second-order valence-electron chi connectivity index (χ2n) is 5.85. The van der Waals surface area contributed by atoms with Crippen molar-refractivity contribution < 1.29 is 9.21 Å². The maximum absolute atomic E-state index is 12.5. The van der Waals surface area contributed by atoms with Crippen molar-refractivity contribution in [2.24, 2.45) is 0 Å². The van der Waals surface area contributed by atoms with Crippen LogP contribution in [0.1, 0.15) is 38.7 Å². The predicted molar refractivity (Wildman–Crippen MR) is 101 cm³/mol. The van der Waals surface area contributed by atoms with Gasteiger partial charge in [0.05, 0.1) is 11.5 Å². The first-order chi connectivity index (χ1) is 12.5. The van der Waals surface area contributed by atoms with E-state index in [1.807, 2.05) is 44.4 Å². The largest absolute Gasteiger partial charge is 0.461 e. The molecule has 1 amide bonds. The predicted octanol–water partition coefficient (Wildman–Crippen LogP) is 3.65. The molecule has 0 saturated carbocycles. The van der Waals surface area contributed by atoms with Crippen molar-refractivity contribution in [2.45, 2.75) is 50.6 Å². The van der Waals surface area contributed by atoms with Crippen LogP contribution in [0.3, 0.4) is 0 Å². The molecule has 0 bridgehead atoms. The molecule has 0 radical (unpaired) electrons. The van der Waals surface area contributed by atoms with Gasteiger partial charge in [-0.05, 0) is 39.3 Å². The highest BCUT2D eigenvalue weighted by molar-refractivity contribution is 8.00. The molecule has 1 atom stereocenters. The van der Waals surface area contributed by atoms with Gasteiger partial charge in [-0.25, -0.2) is 0 Å². The van der Waals surface area contributed by atoms with Gasteiger partial charge in [-0.15, -0.1) is 20.4 Å². The lowest BCUT2D eigenvalue weighted by molar-refractivity contribution is -0.115. The van der Waals surface area contributed by atoms with E-state index in [-0.39, 0.29) is 17.2 Å². The lowest BCUT2D eigenvalue weighted by Crippen LogP contribution is -2.23. The number of amides is 1. The van der Waals surface area contributed by atoms with Crippen LogP contribution >= 0.6 is 23.1 Å². The number of rotatable bonds is 7. The summed E-state index contributed by atoms with van der Waals surface area (Å²) in [6.45, 7) is 7.91. The van der Waals surface area contributed by atoms with Gasteiger partial charge in [0, 0.05) is 6.04 Å². The minimum atomic E-state index is -0.366. The standard InChI is InChI=1S/C16H20N6O2S2/c1-5-12-18-20-15(26-12)17-14(23)10(4)25-16-21-19-13(22(16)9(2)3)11-7-6-8-24-11/h6-10H,5H2,1-4H3,(H,17,20,23)/t10-/m0/s1. The molecule has 138 valence electrons. The summed E-state index contributed by atoms with van der Waals surface area (Å²) in [5.74, 6) is 1.15. The Kier molecular flexibility index (Phi) is 5.72. The van der Waals surface area contributed by atoms with Crippen LogP contribution in [0.5, 0.6) is 0 Å². The number of hydrogen-bond donors (Lipinski definition) is 1. The maximum atomic E-state index is 12.5. The van der Waals surface area contributed by atoms with E-state index in [2.05, 4.69) is 25.7 Å². The van der Waals surface area contributed by atoms with Crippen LogP contribution in [-0.2, 0) is 11.2 Å². The first-order valence-corrected chi connectivity index (χ1v) is 9.97. The van der Waals surface area contributed by atoms with Crippen LogP contribution in [-0.4, -0.2) is 36.1 Å². The van der Waals surface area contributed by atoms with E-state index in [9.17, 15) is 4.79 Å². The fourth-order valence-electron chi connectivity index (χ4n) is 2.26. The Hall–Kier alpha value is -2.20. The van der Waals surface area contributed by atoms with E-state index < -0.39 is 0 Å². The maximum Gasteiger partial charge on any atom is 0.239 e. The van der Waals surface area contributed by atoms with Crippen molar-refractivity contribution in [2.75, 3.05) is 5.32 Å². The minimum absolute atomic E-state index is 0.123. The van der Waals surface area contributed by atoms with E-state index in [0.29, 0.717) is 21.9 Å². The van der Waals surface area contributed by atoms with Crippen molar-refractivity contribution in [3.8, 4) is 11.6 Å². The molecule has 3 heterocycles. The number of carbonyl (C=O) groups is 1. The minimum Gasteiger partial charge on any atom is -0.461 e. The number of thioether (sulfide) groups is 1. The molecule has 26 heavy (non-hydrogen) atoms. The van der Waals surface area contributed by atoms with E-state index in [4.69, 9.17) is 4.42 Å². The van der Waals surface area contributed by atoms with Gasteiger partial charge in [-0.2, -0.15) is 0 Å². The second-order valence-corrected chi connectivity index (χ2v) is 8.22. The third kappa shape index (κ3) is 3.96. The highest BCUT2D eigenvalue weighted by Crippen LogP contribution is 2.30. The fraction of sp³-hybridized carbons (Fsp3) is 0.438. The molecule has 1 N–H and O–H groups in total. The zero-order valence-electron chi connectivity index (χ0n) is 15.0. The average molecular weight is 393 g/mol. The Morgan fingerprint density at radius 2 is 2.12 bits per heavy atom. The molecular formula is C16H20N6O2S2. The first kappa shape index (κ1) is 18.6. The average Bonchev–Trinajstić information content (AvgIpc) is 3.34. The highest BCUT2D eigenvalue weighted by atomic mass is 32.2. The quantitative estimate of drug-likeness (QED) is 0.613. The van der Waals surface area contributed by atoms with Crippen LogP contribution in [0.4, 0.5) is 5.13 Å². The van der Waals surface area contributed by atoms with Gasteiger partial charge >= 0.3 is 0 Å². The van der Waals surface area contributed by atoms with Gasteiger partial charge in [-0.1, -0.05) is 30.0 Å². The molecule has 0 spiro atoms. The molecule has 0 saturated heterocycles. The second kappa shape index (κ2) is 8.00. The summed E-state index contributed by atoms with van der Waals surface area (Å²) in [6.07, 6.45) is 2.40. The molecule has 3 aromatic heterocycles. The number of furan rings is 1. The zero-order chi connectivity index (χ0) is 18.7. The van der Waals surface area contributed by atoms with Crippen LogP contribution in [0.2, 0.25) is 0 Å². The molecule has 0 aromatic carbocycles. The lowest BCUT2D eigenvalue weighted by atomic mass is 10.3. The summed E-state index contributed by atoms with van der Waals surface area (Å²) in [5.41, 5.74) is 0.